The fourth-order valence-electron chi connectivity index (χ4n) is 2.80. The average molecular weight is 317 g/mol. The first-order chi connectivity index (χ1) is 10.9. The molecule has 0 aliphatic heterocycles. The number of aliphatic hydroxyl groups is 1. The Morgan fingerprint density at radius 2 is 2.17 bits per heavy atom. The minimum atomic E-state index is -0.825. The number of nitrogens with one attached hydrogen (secondary N) is 1. The van der Waals surface area contributed by atoms with Crippen LogP contribution >= 0.6 is 0 Å². The Bertz CT molecular complexity index is 643. The monoisotopic (exact) mass is 317 g/mol. The van der Waals surface area contributed by atoms with Gasteiger partial charge in [-0.2, -0.15) is 0 Å². The topological polar surface area (TPSA) is 57.6 Å². The van der Waals surface area contributed by atoms with Crippen LogP contribution in [-0.2, 0) is 0 Å². The molecule has 5 nitrogen and oxygen atoms in total. The molecule has 0 aliphatic carbocycles. The van der Waals surface area contributed by atoms with Gasteiger partial charge in [0.1, 0.15) is 5.75 Å². The van der Waals surface area contributed by atoms with E-state index >= 15 is 0 Å². The standard InChI is InChI=1S/C18H27N3O2/c1-5-9-21(3)13-18(2,22)12-20-16-11-15(23-4)10-14-7-6-8-19-17(14)16/h6-8,10-11,20,22H,5,9,12-13H2,1-4H3/t18-/m1/s1. The number of benzene rings is 1. The second-order valence-electron chi connectivity index (χ2n) is 6.34. The maximum absolute atomic E-state index is 10.6. The van der Waals surface area contributed by atoms with Gasteiger partial charge in [-0.05, 0) is 39.1 Å². The second kappa shape index (κ2) is 7.62. The van der Waals surface area contributed by atoms with Gasteiger partial charge in [-0.25, -0.2) is 0 Å². The van der Waals surface area contributed by atoms with Crippen LogP contribution < -0.4 is 10.1 Å². The van der Waals surface area contributed by atoms with Gasteiger partial charge in [0.15, 0.2) is 0 Å². The van der Waals surface area contributed by atoms with Crippen molar-refractivity contribution in [2.45, 2.75) is 25.9 Å². The van der Waals surface area contributed by atoms with E-state index in [4.69, 9.17) is 4.74 Å². The molecular formula is C18H27N3O2. The summed E-state index contributed by atoms with van der Waals surface area (Å²) in [6, 6.07) is 7.78. The lowest BCUT2D eigenvalue weighted by Gasteiger charge is -2.29. The van der Waals surface area contributed by atoms with Crippen LogP contribution in [0, 0.1) is 0 Å². The molecule has 0 radical (unpaired) electrons. The first kappa shape index (κ1) is 17.5. The van der Waals surface area contributed by atoms with E-state index in [1.54, 1.807) is 13.3 Å². The molecule has 0 unspecified atom stereocenters. The van der Waals surface area contributed by atoms with Crippen molar-refractivity contribution in [2.24, 2.45) is 0 Å². The Morgan fingerprint density at radius 3 is 2.87 bits per heavy atom. The maximum Gasteiger partial charge on any atom is 0.121 e. The van der Waals surface area contributed by atoms with Crippen molar-refractivity contribution < 1.29 is 9.84 Å². The summed E-state index contributed by atoms with van der Waals surface area (Å²) in [5.41, 5.74) is 0.929. The quantitative estimate of drug-likeness (QED) is 0.784. The van der Waals surface area contributed by atoms with Gasteiger partial charge in [0.25, 0.3) is 0 Å². The number of hydrogen-bond donors (Lipinski definition) is 2. The third-order valence-electron chi connectivity index (χ3n) is 3.79. The molecule has 2 rings (SSSR count). The van der Waals surface area contributed by atoms with Crippen LogP contribution in [0.25, 0.3) is 10.9 Å². The van der Waals surface area contributed by atoms with E-state index in [9.17, 15) is 5.11 Å². The highest BCUT2D eigenvalue weighted by Crippen LogP contribution is 2.28. The third kappa shape index (κ3) is 4.81. The molecular weight excluding hydrogens is 290 g/mol. The number of anilines is 1. The van der Waals surface area contributed by atoms with Crippen molar-refractivity contribution in [3.05, 3.63) is 30.5 Å². The zero-order valence-electron chi connectivity index (χ0n) is 14.5. The molecule has 0 bridgehead atoms. The lowest BCUT2D eigenvalue weighted by atomic mass is 10.1. The largest absolute Gasteiger partial charge is 0.497 e. The molecule has 0 spiro atoms. The van der Waals surface area contributed by atoms with Crippen LogP contribution in [0.5, 0.6) is 5.75 Å². The van der Waals surface area contributed by atoms with Crippen molar-refractivity contribution in [1.29, 1.82) is 0 Å². The molecule has 2 aromatic rings. The van der Waals surface area contributed by atoms with Gasteiger partial charge in [-0.15, -0.1) is 0 Å². The normalized spacial score (nSPS) is 14.0. The van der Waals surface area contributed by atoms with Crippen molar-refractivity contribution in [1.82, 2.24) is 9.88 Å². The average Bonchev–Trinajstić information content (AvgIpc) is 2.52. The van der Waals surface area contributed by atoms with Crippen LogP contribution in [0.4, 0.5) is 5.69 Å². The van der Waals surface area contributed by atoms with Gasteiger partial charge >= 0.3 is 0 Å². The van der Waals surface area contributed by atoms with Gasteiger partial charge in [0.05, 0.1) is 23.9 Å². The summed E-state index contributed by atoms with van der Waals surface area (Å²) in [7, 11) is 3.68. The summed E-state index contributed by atoms with van der Waals surface area (Å²) in [5, 5.41) is 15.0. The second-order valence-corrected chi connectivity index (χ2v) is 6.34. The third-order valence-corrected chi connectivity index (χ3v) is 3.79. The zero-order valence-corrected chi connectivity index (χ0v) is 14.5. The minimum Gasteiger partial charge on any atom is -0.497 e. The number of ether oxygens (including phenoxy) is 1. The van der Waals surface area contributed by atoms with Gasteiger partial charge in [0.2, 0.25) is 0 Å². The first-order valence-electron chi connectivity index (χ1n) is 8.03. The number of rotatable bonds is 8. The Balaban J connectivity index is 2.15. The number of nitrogens with zero attached hydrogens (tertiary/aromatic N) is 2. The summed E-state index contributed by atoms with van der Waals surface area (Å²) in [5.74, 6) is 0.774. The predicted molar refractivity (Wildman–Crippen MR) is 95.2 cm³/mol. The number of pyridine rings is 1. The number of likely N-dealkylation sites (N-methyl/N-ethyl adjacent to an activating group) is 1. The fourth-order valence-corrected chi connectivity index (χ4v) is 2.80. The highest BCUT2D eigenvalue weighted by atomic mass is 16.5. The summed E-state index contributed by atoms with van der Waals surface area (Å²) in [4.78, 5) is 6.58. The number of fused-ring (bicyclic) bond motifs is 1. The molecule has 126 valence electrons. The van der Waals surface area contributed by atoms with E-state index in [1.807, 2.05) is 38.2 Å². The Kier molecular flexibility index (Phi) is 5.80. The van der Waals surface area contributed by atoms with Crippen LogP contribution in [0.2, 0.25) is 0 Å². The lowest BCUT2D eigenvalue weighted by molar-refractivity contribution is 0.0391. The molecule has 0 amide bonds. The molecule has 1 aromatic heterocycles. The summed E-state index contributed by atoms with van der Waals surface area (Å²) in [6.45, 7) is 6.02. The van der Waals surface area contributed by atoms with E-state index in [0.29, 0.717) is 13.1 Å². The van der Waals surface area contributed by atoms with Gasteiger partial charge in [-0.3, -0.25) is 4.98 Å². The van der Waals surface area contributed by atoms with E-state index in [1.165, 1.54) is 0 Å². The number of hydrogen-bond acceptors (Lipinski definition) is 5. The van der Waals surface area contributed by atoms with Crippen molar-refractivity contribution in [3.63, 3.8) is 0 Å². The molecule has 0 saturated carbocycles. The molecule has 5 heteroatoms. The molecule has 0 saturated heterocycles. The van der Waals surface area contributed by atoms with Crippen molar-refractivity contribution in [3.8, 4) is 5.75 Å². The van der Waals surface area contributed by atoms with Crippen molar-refractivity contribution in [2.75, 3.05) is 39.1 Å². The molecule has 0 fully saturated rings. The highest BCUT2D eigenvalue weighted by molar-refractivity contribution is 5.91. The lowest BCUT2D eigenvalue weighted by Crippen LogP contribution is -2.44. The predicted octanol–water partition coefficient (Wildman–Crippen LogP) is 2.75. The minimum absolute atomic E-state index is 0.444. The molecule has 0 aliphatic rings. The summed E-state index contributed by atoms with van der Waals surface area (Å²) < 4.78 is 5.35. The van der Waals surface area contributed by atoms with Gasteiger partial charge < -0.3 is 20.1 Å². The molecule has 1 heterocycles. The number of aromatic nitrogens is 1. The van der Waals surface area contributed by atoms with E-state index in [2.05, 4.69) is 22.1 Å². The molecule has 23 heavy (non-hydrogen) atoms. The maximum atomic E-state index is 10.6. The summed E-state index contributed by atoms with van der Waals surface area (Å²) >= 11 is 0. The Labute approximate surface area is 138 Å². The smallest absolute Gasteiger partial charge is 0.121 e. The summed E-state index contributed by atoms with van der Waals surface area (Å²) in [6.07, 6.45) is 2.84. The van der Waals surface area contributed by atoms with E-state index in [-0.39, 0.29) is 0 Å². The molecule has 1 atom stereocenters. The zero-order chi connectivity index (χ0) is 16.9. The van der Waals surface area contributed by atoms with E-state index in [0.717, 1.165) is 35.3 Å². The van der Waals surface area contributed by atoms with Crippen LogP contribution in [0.15, 0.2) is 30.5 Å². The van der Waals surface area contributed by atoms with Crippen LogP contribution in [0.1, 0.15) is 20.3 Å². The van der Waals surface area contributed by atoms with Crippen molar-refractivity contribution >= 4 is 16.6 Å². The molecule has 2 N–H and O–H groups in total. The molecule has 1 aromatic carbocycles. The van der Waals surface area contributed by atoms with Gasteiger partial charge in [0, 0.05) is 30.7 Å². The van der Waals surface area contributed by atoms with E-state index < -0.39 is 5.60 Å². The Hall–Kier alpha value is -1.85. The Morgan fingerprint density at radius 1 is 1.39 bits per heavy atom. The SMILES string of the molecule is CCCN(C)C[C@](C)(O)CNc1cc(OC)cc2cccnc12. The van der Waals surface area contributed by atoms with Gasteiger partial charge in [-0.1, -0.05) is 13.0 Å². The van der Waals surface area contributed by atoms with Crippen LogP contribution in [0.3, 0.4) is 0 Å². The number of methoxy groups -OCH3 is 1. The fraction of sp³-hybridized carbons (Fsp3) is 0.500. The highest BCUT2D eigenvalue weighted by Gasteiger charge is 2.22. The van der Waals surface area contributed by atoms with Crippen LogP contribution in [-0.4, -0.2) is 54.4 Å². The first-order valence-corrected chi connectivity index (χ1v) is 8.03.